The number of hydrogen-bond donors (Lipinski definition) is 1. The molecule has 4 rings (SSSR count). The van der Waals surface area contributed by atoms with Gasteiger partial charge in [-0.2, -0.15) is 5.10 Å². The van der Waals surface area contributed by atoms with Crippen molar-refractivity contribution in [2.75, 3.05) is 18.0 Å². The van der Waals surface area contributed by atoms with Crippen LogP contribution >= 0.6 is 0 Å². The molecule has 1 saturated heterocycles. The van der Waals surface area contributed by atoms with Crippen LogP contribution in [0, 0.1) is 13.8 Å². The predicted molar refractivity (Wildman–Crippen MR) is 113 cm³/mol. The van der Waals surface area contributed by atoms with Crippen molar-refractivity contribution >= 4 is 17.6 Å². The maximum atomic E-state index is 13.0. The summed E-state index contributed by atoms with van der Waals surface area (Å²) in [6.07, 6.45) is 5.10. The van der Waals surface area contributed by atoms with Crippen molar-refractivity contribution in [3.63, 3.8) is 0 Å². The highest BCUT2D eigenvalue weighted by molar-refractivity contribution is 6.43. The molecule has 0 radical (unpaired) electrons. The number of ketones is 1. The van der Waals surface area contributed by atoms with E-state index in [-0.39, 0.29) is 6.04 Å². The Hall–Kier alpha value is -3.55. The van der Waals surface area contributed by atoms with Crippen LogP contribution in [0.2, 0.25) is 0 Å². The van der Waals surface area contributed by atoms with Crippen LogP contribution < -0.4 is 10.2 Å². The van der Waals surface area contributed by atoms with Gasteiger partial charge in [0.1, 0.15) is 0 Å². The second-order valence-electron chi connectivity index (χ2n) is 7.43. The van der Waals surface area contributed by atoms with Crippen LogP contribution in [-0.4, -0.2) is 50.6 Å². The van der Waals surface area contributed by atoms with E-state index in [1.54, 1.807) is 30.1 Å². The molecule has 1 atom stereocenters. The van der Waals surface area contributed by atoms with Crippen LogP contribution in [0.5, 0.6) is 0 Å². The SMILES string of the molecule is Cc1nn(-c2ccccc2)c(C)c1C(=O)C(=O)NC1CCCN(c2ncccn2)C1. The van der Waals surface area contributed by atoms with Crippen LogP contribution in [0.4, 0.5) is 5.95 Å². The maximum Gasteiger partial charge on any atom is 0.292 e. The minimum atomic E-state index is -0.602. The van der Waals surface area contributed by atoms with Gasteiger partial charge in [-0.1, -0.05) is 18.2 Å². The lowest BCUT2D eigenvalue weighted by molar-refractivity contribution is -0.117. The van der Waals surface area contributed by atoms with E-state index in [9.17, 15) is 9.59 Å². The van der Waals surface area contributed by atoms with Crippen molar-refractivity contribution in [1.82, 2.24) is 25.1 Å². The van der Waals surface area contributed by atoms with E-state index in [0.29, 0.717) is 29.4 Å². The van der Waals surface area contributed by atoms with Crippen LogP contribution in [0.25, 0.3) is 5.69 Å². The highest BCUT2D eigenvalue weighted by Gasteiger charge is 2.29. The third-order valence-corrected chi connectivity index (χ3v) is 5.32. The van der Waals surface area contributed by atoms with Crippen LogP contribution in [0.3, 0.4) is 0 Å². The summed E-state index contributed by atoms with van der Waals surface area (Å²) in [4.78, 5) is 36.3. The molecule has 1 amide bonds. The van der Waals surface area contributed by atoms with Gasteiger partial charge < -0.3 is 10.2 Å². The van der Waals surface area contributed by atoms with Crippen LogP contribution in [-0.2, 0) is 4.79 Å². The number of piperidine rings is 1. The molecule has 154 valence electrons. The summed E-state index contributed by atoms with van der Waals surface area (Å²) in [6, 6.07) is 11.2. The zero-order valence-electron chi connectivity index (χ0n) is 17.1. The van der Waals surface area contributed by atoms with Gasteiger partial charge in [-0.15, -0.1) is 0 Å². The zero-order chi connectivity index (χ0) is 21.1. The topological polar surface area (TPSA) is 93.0 Å². The minimum absolute atomic E-state index is 0.135. The Balaban J connectivity index is 1.48. The molecule has 8 nitrogen and oxygen atoms in total. The van der Waals surface area contributed by atoms with E-state index in [4.69, 9.17) is 0 Å². The molecular formula is C22H24N6O2. The Morgan fingerprint density at radius 1 is 1.07 bits per heavy atom. The van der Waals surface area contributed by atoms with Crippen LogP contribution in [0.15, 0.2) is 48.8 Å². The first kappa shape index (κ1) is 19.8. The molecule has 1 aliphatic heterocycles. The average Bonchev–Trinajstić information content (AvgIpc) is 3.08. The highest BCUT2D eigenvalue weighted by Crippen LogP contribution is 2.19. The summed E-state index contributed by atoms with van der Waals surface area (Å²) in [5.74, 6) is -0.520. The number of aryl methyl sites for hydroxylation is 1. The van der Waals surface area contributed by atoms with Crippen molar-refractivity contribution in [2.24, 2.45) is 0 Å². The molecule has 30 heavy (non-hydrogen) atoms. The van der Waals surface area contributed by atoms with Gasteiger partial charge in [0.05, 0.1) is 22.6 Å². The van der Waals surface area contributed by atoms with Gasteiger partial charge in [-0.25, -0.2) is 14.6 Å². The molecule has 1 aliphatic rings. The lowest BCUT2D eigenvalue weighted by Crippen LogP contribution is -2.50. The first-order chi connectivity index (χ1) is 14.5. The second kappa shape index (κ2) is 8.44. The molecule has 1 unspecified atom stereocenters. The summed E-state index contributed by atoms with van der Waals surface area (Å²) < 4.78 is 1.70. The first-order valence-electron chi connectivity index (χ1n) is 10.0. The van der Waals surface area contributed by atoms with Crippen molar-refractivity contribution < 1.29 is 9.59 Å². The molecule has 3 aromatic rings. The van der Waals surface area contributed by atoms with Crippen molar-refractivity contribution in [1.29, 1.82) is 0 Å². The lowest BCUT2D eigenvalue weighted by atomic mass is 10.0. The van der Waals surface area contributed by atoms with Gasteiger partial charge in [0.15, 0.2) is 0 Å². The predicted octanol–water partition coefficient (Wildman–Crippen LogP) is 2.25. The first-order valence-corrected chi connectivity index (χ1v) is 10.0. The number of carbonyl (C=O) groups excluding carboxylic acids is 2. The van der Waals surface area contributed by atoms with E-state index < -0.39 is 11.7 Å². The number of benzene rings is 1. The number of nitrogens with one attached hydrogen (secondary N) is 1. The molecule has 8 heteroatoms. The highest BCUT2D eigenvalue weighted by atomic mass is 16.2. The summed E-state index contributed by atoms with van der Waals surface area (Å²) in [7, 11) is 0. The number of Topliss-reactive ketones (excluding diaryl/α,β-unsaturated/α-hetero) is 1. The molecule has 1 N–H and O–H groups in total. The fourth-order valence-corrected chi connectivity index (χ4v) is 3.89. The van der Waals surface area contributed by atoms with E-state index in [0.717, 1.165) is 25.1 Å². The molecule has 0 aliphatic carbocycles. The third kappa shape index (κ3) is 3.94. The monoisotopic (exact) mass is 404 g/mol. The molecular weight excluding hydrogens is 380 g/mol. The van der Waals surface area contributed by atoms with E-state index in [1.807, 2.05) is 42.2 Å². The molecule has 1 fully saturated rings. The standard InChI is InChI=1S/C22H24N6O2/c1-15-19(16(2)28(26-15)18-9-4-3-5-10-18)20(29)21(30)25-17-8-6-13-27(14-17)22-23-11-7-12-24-22/h3-5,7,9-12,17H,6,8,13-14H2,1-2H3,(H,25,30). The molecule has 3 heterocycles. The smallest absolute Gasteiger partial charge is 0.292 e. The Morgan fingerprint density at radius 2 is 1.80 bits per heavy atom. The second-order valence-corrected chi connectivity index (χ2v) is 7.43. The summed E-state index contributed by atoms with van der Waals surface area (Å²) >= 11 is 0. The molecule has 0 bridgehead atoms. The Kier molecular flexibility index (Phi) is 5.56. The number of anilines is 1. The Labute approximate surface area is 175 Å². The fourth-order valence-electron chi connectivity index (χ4n) is 3.89. The Bertz CT molecular complexity index is 1050. The summed E-state index contributed by atoms with van der Waals surface area (Å²) in [6.45, 7) is 4.96. The number of rotatable bonds is 5. The normalized spacial score (nSPS) is 16.3. The zero-order valence-corrected chi connectivity index (χ0v) is 17.1. The van der Waals surface area contributed by atoms with E-state index in [2.05, 4.69) is 20.4 Å². The lowest BCUT2D eigenvalue weighted by Gasteiger charge is -2.32. The molecule has 1 aromatic carbocycles. The molecule has 0 saturated carbocycles. The van der Waals surface area contributed by atoms with Crippen molar-refractivity contribution in [3.05, 3.63) is 65.7 Å². The number of hydrogen-bond acceptors (Lipinski definition) is 6. The molecule has 0 spiro atoms. The largest absolute Gasteiger partial charge is 0.345 e. The number of amides is 1. The summed E-state index contributed by atoms with van der Waals surface area (Å²) in [5.41, 5.74) is 2.40. The molecule has 2 aromatic heterocycles. The van der Waals surface area contributed by atoms with Gasteiger partial charge in [0.25, 0.3) is 11.7 Å². The number of carbonyl (C=O) groups is 2. The summed E-state index contributed by atoms with van der Waals surface area (Å²) in [5, 5.41) is 7.37. The number of aromatic nitrogens is 4. The van der Waals surface area contributed by atoms with Crippen molar-refractivity contribution in [2.45, 2.75) is 32.7 Å². The van der Waals surface area contributed by atoms with Gasteiger partial charge >= 0.3 is 0 Å². The Morgan fingerprint density at radius 3 is 2.53 bits per heavy atom. The quantitative estimate of drug-likeness (QED) is 0.518. The maximum absolute atomic E-state index is 13.0. The van der Waals surface area contributed by atoms with E-state index >= 15 is 0 Å². The number of nitrogens with zero attached hydrogens (tertiary/aromatic N) is 5. The number of para-hydroxylation sites is 1. The minimum Gasteiger partial charge on any atom is -0.345 e. The average molecular weight is 404 g/mol. The fraction of sp³-hybridized carbons (Fsp3) is 0.318. The van der Waals surface area contributed by atoms with Crippen molar-refractivity contribution in [3.8, 4) is 5.69 Å². The van der Waals surface area contributed by atoms with Gasteiger partial charge in [-0.3, -0.25) is 9.59 Å². The van der Waals surface area contributed by atoms with Crippen LogP contribution in [0.1, 0.15) is 34.6 Å². The van der Waals surface area contributed by atoms with Gasteiger partial charge in [0, 0.05) is 31.5 Å². The van der Waals surface area contributed by atoms with Gasteiger partial charge in [0.2, 0.25) is 5.95 Å². The van der Waals surface area contributed by atoms with E-state index in [1.165, 1.54) is 0 Å². The van der Waals surface area contributed by atoms with Gasteiger partial charge in [-0.05, 0) is 44.9 Å². The third-order valence-electron chi connectivity index (χ3n) is 5.32.